The van der Waals surface area contributed by atoms with Gasteiger partial charge in [0.15, 0.2) is 0 Å². The van der Waals surface area contributed by atoms with Crippen molar-refractivity contribution in [2.24, 2.45) is 59.2 Å². The molecule has 0 aromatic rings. The minimum atomic E-state index is 0.541. The van der Waals surface area contributed by atoms with E-state index in [1.54, 1.807) is 0 Å². The lowest BCUT2D eigenvalue weighted by Gasteiger charge is -2.44. The number of hydrogen-bond donors (Lipinski definition) is 0. The van der Waals surface area contributed by atoms with Crippen molar-refractivity contribution in [3.05, 3.63) is 24.3 Å². The molecule has 8 aliphatic rings. The topological polar surface area (TPSA) is 18.5 Å². The maximum absolute atomic E-state index is 6.68. The van der Waals surface area contributed by atoms with Gasteiger partial charge in [0, 0.05) is 11.8 Å². The van der Waals surface area contributed by atoms with Crippen LogP contribution >= 0.6 is 0 Å². The van der Waals surface area contributed by atoms with E-state index in [0.717, 1.165) is 59.2 Å². The minimum absolute atomic E-state index is 0.541. The van der Waals surface area contributed by atoms with Crippen molar-refractivity contribution in [3.63, 3.8) is 0 Å². The van der Waals surface area contributed by atoms with Crippen LogP contribution in [0.4, 0.5) is 0 Å². The average molecular weight is 294 g/mol. The van der Waals surface area contributed by atoms with Crippen LogP contribution in [0.15, 0.2) is 24.3 Å². The zero-order valence-electron chi connectivity index (χ0n) is 12.6. The van der Waals surface area contributed by atoms with Gasteiger partial charge in [0.1, 0.15) is 0 Å². The van der Waals surface area contributed by atoms with Crippen LogP contribution in [0.2, 0.25) is 0 Å². The summed E-state index contributed by atoms with van der Waals surface area (Å²) in [5.74, 6) is 8.21. The molecule has 2 saturated carbocycles. The van der Waals surface area contributed by atoms with Crippen molar-refractivity contribution in [2.75, 3.05) is 0 Å². The van der Waals surface area contributed by atoms with Crippen LogP contribution in [0.5, 0.6) is 0 Å². The van der Waals surface area contributed by atoms with Crippen LogP contribution in [0.3, 0.4) is 0 Å². The molecule has 12 atom stereocenters. The maximum atomic E-state index is 6.68. The lowest BCUT2D eigenvalue weighted by Crippen LogP contribution is -2.51. The summed E-state index contributed by atoms with van der Waals surface area (Å²) in [5.41, 5.74) is 0. The molecule has 114 valence electrons. The van der Waals surface area contributed by atoms with Crippen molar-refractivity contribution >= 4 is 0 Å². The molecule has 4 aliphatic heterocycles. The highest BCUT2D eigenvalue weighted by Gasteiger charge is 2.77. The van der Waals surface area contributed by atoms with Gasteiger partial charge >= 0.3 is 0 Å². The molecule has 6 fully saturated rings. The van der Waals surface area contributed by atoms with Gasteiger partial charge in [-0.25, -0.2) is 0 Å². The van der Waals surface area contributed by atoms with Gasteiger partial charge in [-0.15, -0.1) is 0 Å². The molecule has 0 spiro atoms. The SMILES string of the molecule is C1=CC2CC1C1C3OC(C21)C1C2OC(C4C5C=CC(C5)C24)C31. The van der Waals surface area contributed by atoms with E-state index in [2.05, 4.69) is 24.3 Å². The normalized spacial score (nSPS) is 76.0. The van der Waals surface area contributed by atoms with E-state index in [4.69, 9.17) is 9.47 Å². The van der Waals surface area contributed by atoms with Crippen LogP contribution in [0, 0.1) is 59.2 Å². The van der Waals surface area contributed by atoms with Crippen molar-refractivity contribution in [1.82, 2.24) is 0 Å². The summed E-state index contributed by atoms with van der Waals surface area (Å²) in [4.78, 5) is 0. The third-order valence-corrected chi connectivity index (χ3v) is 9.27. The van der Waals surface area contributed by atoms with E-state index in [1.165, 1.54) is 12.8 Å². The Kier molecular flexibility index (Phi) is 1.58. The number of fused-ring (bicyclic) bond motifs is 23. The molecule has 0 N–H and O–H groups in total. The van der Waals surface area contributed by atoms with E-state index in [1.807, 2.05) is 0 Å². The molecule has 0 radical (unpaired) electrons. The summed E-state index contributed by atoms with van der Waals surface area (Å²) >= 11 is 0. The van der Waals surface area contributed by atoms with Gasteiger partial charge in [0.2, 0.25) is 0 Å². The third-order valence-electron chi connectivity index (χ3n) is 9.27. The fourth-order valence-corrected chi connectivity index (χ4v) is 9.01. The van der Waals surface area contributed by atoms with E-state index >= 15 is 0 Å². The van der Waals surface area contributed by atoms with E-state index in [0.29, 0.717) is 24.4 Å². The highest BCUT2D eigenvalue weighted by molar-refractivity contribution is 5.30. The summed E-state index contributed by atoms with van der Waals surface area (Å²) < 4.78 is 13.4. The monoisotopic (exact) mass is 294 g/mol. The third kappa shape index (κ3) is 0.901. The van der Waals surface area contributed by atoms with Gasteiger partial charge in [-0.2, -0.15) is 0 Å². The van der Waals surface area contributed by atoms with Gasteiger partial charge < -0.3 is 9.47 Å². The van der Waals surface area contributed by atoms with Crippen molar-refractivity contribution in [2.45, 2.75) is 37.3 Å². The molecular weight excluding hydrogens is 272 g/mol. The van der Waals surface area contributed by atoms with Gasteiger partial charge in [-0.1, -0.05) is 24.3 Å². The Hall–Kier alpha value is -0.600. The zero-order chi connectivity index (χ0) is 13.7. The second-order valence-electron chi connectivity index (χ2n) is 9.49. The molecule has 8 rings (SSSR count). The van der Waals surface area contributed by atoms with Gasteiger partial charge in [0.25, 0.3) is 0 Å². The molecule has 2 nitrogen and oxygen atoms in total. The lowest BCUT2D eigenvalue weighted by atomic mass is 9.56. The fourth-order valence-electron chi connectivity index (χ4n) is 9.01. The summed E-state index contributed by atoms with van der Waals surface area (Å²) in [5, 5.41) is 0. The smallest absolute Gasteiger partial charge is 0.0674 e. The Morgan fingerprint density at radius 3 is 1.09 bits per heavy atom. The van der Waals surface area contributed by atoms with E-state index in [-0.39, 0.29) is 0 Å². The Morgan fingerprint density at radius 2 is 0.773 bits per heavy atom. The molecule has 0 amide bonds. The summed E-state index contributed by atoms with van der Waals surface area (Å²) in [6.45, 7) is 0. The molecule has 12 unspecified atom stereocenters. The van der Waals surface area contributed by atoms with Crippen LogP contribution in [0.1, 0.15) is 12.8 Å². The highest BCUT2D eigenvalue weighted by atomic mass is 16.5. The van der Waals surface area contributed by atoms with E-state index in [9.17, 15) is 0 Å². The predicted octanol–water partition coefficient (Wildman–Crippen LogP) is 2.66. The fraction of sp³-hybridized carbons (Fsp3) is 0.800. The first-order chi connectivity index (χ1) is 10.9. The highest BCUT2D eigenvalue weighted by Crippen LogP contribution is 2.72. The van der Waals surface area contributed by atoms with Crippen LogP contribution in [0.25, 0.3) is 0 Å². The summed E-state index contributed by atoms with van der Waals surface area (Å²) in [7, 11) is 0. The number of rotatable bonds is 0. The lowest BCUT2D eigenvalue weighted by molar-refractivity contribution is -0.0194. The number of hydrogen-bond acceptors (Lipinski definition) is 2. The number of allylic oxidation sites excluding steroid dienone is 4. The van der Waals surface area contributed by atoms with Crippen LogP contribution < -0.4 is 0 Å². The standard InChI is InChI=1S/C20H22O2/c1-2-8-5-7(1)11-12(8)18-16-15(17(11)21-18)19-13-9-3-4-10(6-9)14(13)20(16)22-19/h1-4,7-20H,5-6H2. The molecule has 4 aliphatic carbocycles. The summed E-state index contributed by atoms with van der Waals surface area (Å²) in [6, 6.07) is 0. The first kappa shape index (κ1) is 11.0. The molecule has 22 heavy (non-hydrogen) atoms. The molecule has 2 heteroatoms. The number of ether oxygens (including phenoxy) is 2. The van der Waals surface area contributed by atoms with Gasteiger partial charge in [0.05, 0.1) is 24.4 Å². The molecule has 0 aromatic heterocycles. The van der Waals surface area contributed by atoms with Crippen LogP contribution in [-0.2, 0) is 9.47 Å². The molecule has 8 bridgehead atoms. The van der Waals surface area contributed by atoms with Crippen LogP contribution in [-0.4, -0.2) is 24.4 Å². The molecular formula is C20H22O2. The second kappa shape index (κ2) is 3.15. The van der Waals surface area contributed by atoms with Crippen molar-refractivity contribution < 1.29 is 9.47 Å². The first-order valence-corrected chi connectivity index (χ1v) is 9.58. The second-order valence-corrected chi connectivity index (χ2v) is 9.49. The van der Waals surface area contributed by atoms with Gasteiger partial charge in [-0.05, 0) is 60.2 Å². The average Bonchev–Trinajstić information content (AvgIpc) is 3.40. The molecule has 0 aromatic carbocycles. The quantitative estimate of drug-likeness (QED) is 0.640. The summed E-state index contributed by atoms with van der Waals surface area (Å²) in [6.07, 6.45) is 15.1. The van der Waals surface area contributed by atoms with Gasteiger partial charge in [-0.3, -0.25) is 0 Å². The predicted molar refractivity (Wildman–Crippen MR) is 79.7 cm³/mol. The van der Waals surface area contributed by atoms with Crippen molar-refractivity contribution in [3.8, 4) is 0 Å². The van der Waals surface area contributed by atoms with E-state index < -0.39 is 0 Å². The Balaban J connectivity index is 1.26. The van der Waals surface area contributed by atoms with Crippen molar-refractivity contribution in [1.29, 1.82) is 0 Å². The Labute approximate surface area is 130 Å². The molecule has 4 saturated heterocycles. The maximum Gasteiger partial charge on any atom is 0.0674 e. The zero-order valence-corrected chi connectivity index (χ0v) is 12.6. The molecule has 4 heterocycles. The minimum Gasteiger partial charge on any atom is -0.374 e. The Morgan fingerprint density at radius 1 is 0.455 bits per heavy atom. The Bertz CT molecular complexity index is 548. The largest absolute Gasteiger partial charge is 0.374 e. The first-order valence-electron chi connectivity index (χ1n) is 9.58.